The minimum absolute atomic E-state index is 0.0465. The lowest BCUT2D eigenvalue weighted by Crippen LogP contribution is -2.29. The Morgan fingerprint density at radius 3 is 2.40 bits per heavy atom. The second-order valence-corrected chi connectivity index (χ2v) is 5.69. The molecule has 0 aromatic heterocycles. The van der Waals surface area contributed by atoms with Gasteiger partial charge in [-0.15, -0.1) is 0 Å². The number of amides is 1. The molecule has 20 heavy (non-hydrogen) atoms. The topological polar surface area (TPSA) is 78.5 Å². The van der Waals surface area contributed by atoms with E-state index in [1.807, 2.05) is 25.1 Å². The van der Waals surface area contributed by atoms with Gasteiger partial charge in [0.1, 0.15) is 6.61 Å². The number of ether oxygens (including phenoxy) is 1. The van der Waals surface area contributed by atoms with Gasteiger partial charge >= 0.3 is 0 Å². The molecule has 0 spiro atoms. The molecule has 0 heterocycles. The first-order valence-electron chi connectivity index (χ1n) is 6.38. The van der Waals surface area contributed by atoms with E-state index in [1.54, 1.807) is 0 Å². The summed E-state index contributed by atoms with van der Waals surface area (Å²) in [5.74, 6) is -1.73. The molecule has 1 amide bonds. The maximum Gasteiger partial charge on any atom is 0.250 e. The van der Waals surface area contributed by atoms with Crippen molar-refractivity contribution in [2.75, 3.05) is 18.5 Å². The largest absolute Gasteiger partial charge is 0.548 e. The van der Waals surface area contributed by atoms with Crippen LogP contribution >= 0.6 is 0 Å². The normalized spacial score (nSPS) is 11.2. The first-order valence-corrected chi connectivity index (χ1v) is 6.38. The lowest BCUT2D eigenvalue weighted by atomic mass is 9.86. The number of hydrogen-bond donors (Lipinski definition) is 1. The van der Waals surface area contributed by atoms with Crippen molar-refractivity contribution in [2.45, 2.75) is 33.1 Å². The van der Waals surface area contributed by atoms with Gasteiger partial charge < -0.3 is 20.0 Å². The highest BCUT2D eigenvalue weighted by atomic mass is 16.5. The summed E-state index contributed by atoms with van der Waals surface area (Å²) in [6.45, 7) is 7.37. The third kappa shape index (κ3) is 5.01. The smallest absolute Gasteiger partial charge is 0.250 e. The van der Waals surface area contributed by atoms with Gasteiger partial charge in [0.05, 0.1) is 12.6 Å². The molecule has 110 valence electrons. The van der Waals surface area contributed by atoms with Crippen LogP contribution in [0, 0.1) is 6.92 Å². The van der Waals surface area contributed by atoms with Crippen LogP contribution in [0.15, 0.2) is 18.2 Å². The van der Waals surface area contributed by atoms with Crippen LogP contribution in [-0.4, -0.2) is 25.1 Å². The van der Waals surface area contributed by atoms with E-state index in [1.165, 1.54) is 5.56 Å². The Labute approximate surface area is 118 Å². The zero-order valence-electron chi connectivity index (χ0n) is 12.3. The van der Waals surface area contributed by atoms with Crippen LogP contribution < -0.4 is 10.4 Å². The van der Waals surface area contributed by atoms with Gasteiger partial charge in [0.25, 0.3) is 0 Å². The van der Waals surface area contributed by atoms with Gasteiger partial charge in [0.15, 0.2) is 0 Å². The molecular weight excluding hydrogens is 258 g/mol. The van der Waals surface area contributed by atoms with E-state index in [-0.39, 0.29) is 12.0 Å². The van der Waals surface area contributed by atoms with Crippen LogP contribution in [0.2, 0.25) is 0 Å². The zero-order valence-corrected chi connectivity index (χ0v) is 12.3. The van der Waals surface area contributed by atoms with Gasteiger partial charge in [-0.3, -0.25) is 4.79 Å². The molecule has 0 bridgehead atoms. The molecule has 0 fully saturated rings. The highest BCUT2D eigenvalue weighted by molar-refractivity contribution is 5.92. The van der Waals surface area contributed by atoms with Gasteiger partial charge in [0.2, 0.25) is 5.91 Å². The minimum atomic E-state index is -1.34. The van der Waals surface area contributed by atoms with E-state index >= 15 is 0 Å². The number of carboxylic acid groups (broad SMARTS) is 1. The van der Waals surface area contributed by atoms with Gasteiger partial charge in [-0.1, -0.05) is 32.9 Å². The van der Waals surface area contributed by atoms with E-state index < -0.39 is 18.5 Å². The Hall–Kier alpha value is -1.88. The van der Waals surface area contributed by atoms with Crippen molar-refractivity contribution in [1.29, 1.82) is 0 Å². The van der Waals surface area contributed by atoms with Crippen LogP contribution in [0.5, 0.6) is 0 Å². The fourth-order valence-electron chi connectivity index (χ4n) is 1.68. The molecule has 5 nitrogen and oxygen atoms in total. The van der Waals surface area contributed by atoms with E-state index in [0.29, 0.717) is 5.69 Å². The number of nitrogens with one attached hydrogen (secondary N) is 1. The lowest BCUT2D eigenvalue weighted by molar-refractivity contribution is -0.309. The van der Waals surface area contributed by atoms with Gasteiger partial charge in [0, 0.05) is 5.69 Å². The summed E-state index contributed by atoms with van der Waals surface area (Å²) in [7, 11) is 0. The Morgan fingerprint density at radius 2 is 1.90 bits per heavy atom. The fraction of sp³-hybridized carbons (Fsp3) is 0.467. The van der Waals surface area contributed by atoms with Crippen molar-refractivity contribution in [1.82, 2.24) is 0 Å². The molecule has 0 atom stereocenters. The van der Waals surface area contributed by atoms with Crippen molar-refractivity contribution in [3.05, 3.63) is 29.3 Å². The number of carbonyl (C=O) groups is 2. The van der Waals surface area contributed by atoms with Crippen molar-refractivity contribution in [3.8, 4) is 0 Å². The zero-order chi connectivity index (χ0) is 15.3. The van der Waals surface area contributed by atoms with E-state index in [4.69, 9.17) is 0 Å². The van der Waals surface area contributed by atoms with E-state index in [0.717, 1.165) is 5.56 Å². The van der Waals surface area contributed by atoms with Crippen LogP contribution in [-0.2, 0) is 19.7 Å². The summed E-state index contributed by atoms with van der Waals surface area (Å²) in [5, 5.41) is 12.8. The minimum Gasteiger partial charge on any atom is -0.548 e. The van der Waals surface area contributed by atoms with Crippen molar-refractivity contribution in [2.24, 2.45) is 0 Å². The standard InChI is InChI=1S/C15H21NO4/c1-10-7-11(15(2,3)4)5-6-12(10)16-13(17)8-20-9-14(18)19/h5-7H,8-9H2,1-4H3,(H,16,17)(H,18,19)/p-1. The predicted molar refractivity (Wildman–Crippen MR) is 74.3 cm³/mol. The molecule has 0 saturated heterocycles. The molecule has 0 aliphatic carbocycles. The Balaban J connectivity index is 2.65. The molecule has 0 aliphatic heterocycles. The van der Waals surface area contributed by atoms with Crippen LogP contribution in [0.4, 0.5) is 5.69 Å². The number of aryl methyl sites for hydroxylation is 1. The van der Waals surface area contributed by atoms with Crippen LogP contribution in [0.25, 0.3) is 0 Å². The average molecular weight is 278 g/mol. The predicted octanol–water partition coefficient (Wildman–Crippen LogP) is 0.998. The highest BCUT2D eigenvalue weighted by Gasteiger charge is 2.15. The van der Waals surface area contributed by atoms with E-state index in [9.17, 15) is 14.7 Å². The third-order valence-electron chi connectivity index (χ3n) is 2.82. The summed E-state index contributed by atoms with van der Waals surface area (Å²) in [4.78, 5) is 21.7. The number of aliphatic carboxylic acids is 1. The highest BCUT2D eigenvalue weighted by Crippen LogP contribution is 2.26. The number of carbonyl (C=O) groups excluding carboxylic acids is 2. The average Bonchev–Trinajstić information content (AvgIpc) is 2.29. The summed E-state index contributed by atoms with van der Waals surface area (Å²) in [6, 6.07) is 5.83. The quantitative estimate of drug-likeness (QED) is 0.871. The molecule has 1 aromatic carbocycles. The van der Waals surface area contributed by atoms with E-state index in [2.05, 4.69) is 30.8 Å². The monoisotopic (exact) mass is 278 g/mol. The summed E-state index contributed by atoms with van der Waals surface area (Å²) in [5.41, 5.74) is 2.87. The van der Waals surface area contributed by atoms with Gasteiger partial charge in [-0.05, 0) is 29.5 Å². The number of benzene rings is 1. The lowest BCUT2D eigenvalue weighted by Gasteiger charge is -2.20. The van der Waals surface area contributed by atoms with Gasteiger partial charge in [-0.25, -0.2) is 0 Å². The second kappa shape index (κ2) is 6.52. The molecule has 0 saturated carbocycles. The first-order chi connectivity index (χ1) is 9.20. The van der Waals surface area contributed by atoms with Crippen LogP contribution in [0.3, 0.4) is 0 Å². The second-order valence-electron chi connectivity index (χ2n) is 5.69. The number of carboxylic acids is 1. The van der Waals surface area contributed by atoms with Crippen molar-refractivity contribution in [3.63, 3.8) is 0 Å². The SMILES string of the molecule is Cc1cc(C(C)(C)C)ccc1NC(=O)COCC(=O)[O-]. The van der Waals surface area contributed by atoms with Crippen LogP contribution in [0.1, 0.15) is 31.9 Å². The molecule has 1 rings (SSSR count). The fourth-order valence-corrected chi connectivity index (χ4v) is 1.68. The Kier molecular flexibility index (Phi) is 5.27. The maximum atomic E-state index is 11.6. The molecule has 0 radical (unpaired) electrons. The molecule has 1 aromatic rings. The molecular formula is C15H20NO4-. The molecule has 1 N–H and O–H groups in total. The molecule has 5 heteroatoms. The van der Waals surface area contributed by atoms with Gasteiger partial charge in [-0.2, -0.15) is 0 Å². The Morgan fingerprint density at radius 1 is 1.25 bits per heavy atom. The summed E-state index contributed by atoms with van der Waals surface area (Å²) in [6.07, 6.45) is 0. The summed E-state index contributed by atoms with van der Waals surface area (Å²) < 4.78 is 4.67. The molecule has 0 unspecified atom stereocenters. The third-order valence-corrected chi connectivity index (χ3v) is 2.82. The number of anilines is 1. The summed E-state index contributed by atoms with van der Waals surface area (Å²) >= 11 is 0. The maximum absolute atomic E-state index is 11.6. The molecule has 0 aliphatic rings. The Bertz CT molecular complexity index is 503. The number of hydrogen-bond acceptors (Lipinski definition) is 4. The first kappa shape index (κ1) is 16.2. The number of rotatable bonds is 5. The van der Waals surface area contributed by atoms with Crippen molar-refractivity contribution >= 4 is 17.6 Å². The van der Waals surface area contributed by atoms with Crippen molar-refractivity contribution < 1.29 is 19.4 Å².